The number of ether oxygens (including phenoxy) is 1. The molecule has 136 valence electrons. The van der Waals surface area contributed by atoms with Crippen molar-refractivity contribution < 1.29 is 19.7 Å². The minimum atomic E-state index is -0.713. The molecule has 2 heterocycles. The van der Waals surface area contributed by atoms with Gasteiger partial charge in [-0.15, -0.1) is 10.2 Å². The molecule has 2 N–H and O–H groups in total. The van der Waals surface area contributed by atoms with Crippen LogP contribution in [-0.2, 0) is 16.6 Å². The number of rotatable bonds is 1. The first-order chi connectivity index (χ1) is 12.4. The summed E-state index contributed by atoms with van der Waals surface area (Å²) in [4.78, 5) is 13.6. The number of hydrogen-bond acceptors (Lipinski definition) is 6. The summed E-state index contributed by atoms with van der Waals surface area (Å²) in [5.41, 5.74) is 2.08. The van der Waals surface area contributed by atoms with E-state index in [4.69, 9.17) is 4.74 Å². The van der Waals surface area contributed by atoms with Crippen LogP contribution in [0.15, 0.2) is 28.4 Å². The van der Waals surface area contributed by atoms with E-state index >= 15 is 0 Å². The van der Waals surface area contributed by atoms with Crippen LogP contribution in [0.2, 0.25) is 0 Å². The van der Waals surface area contributed by atoms with Crippen molar-refractivity contribution in [3.05, 3.63) is 29.3 Å². The summed E-state index contributed by atoms with van der Waals surface area (Å²) in [7, 11) is 2.12. The number of azo groups is 1. The molecular formula is C19H21N3O4. The summed E-state index contributed by atoms with van der Waals surface area (Å²) in [6, 6.07) is 1.78. The summed E-state index contributed by atoms with van der Waals surface area (Å²) < 4.78 is 6.13. The van der Waals surface area contributed by atoms with Crippen LogP contribution in [0.3, 0.4) is 0 Å². The lowest BCUT2D eigenvalue weighted by Crippen LogP contribution is -2.64. The van der Waals surface area contributed by atoms with Crippen LogP contribution in [0.1, 0.15) is 24.5 Å². The van der Waals surface area contributed by atoms with E-state index < -0.39 is 12.2 Å². The van der Waals surface area contributed by atoms with E-state index in [0.29, 0.717) is 11.4 Å². The van der Waals surface area contributed by atoms with E-state index in [2.05, 4.69) is 28.3 Å². The minimum Gasteiger partial charge on any atom is -0.504 e. The second-order valence-corrected chi connectivity index (χ2v) is 7.80. The molecule has 2 aliphatic heterocycles. The van der Waals surface area contributed by atoms with Crippen LogP contribution in [-0.4, -0.2) is 52.9 Å². The third kappa shape index (κ3) is 1.82. The molecule has 1 fully saturated rings. The van der Waals surface area contributed by atoms with Gasteiger partial charge in [0, 0.05) is 35.9 Å². The van der Waals surface area contributed by atoms with Crippen molar-refractivity contribution in [3.8, 4) is 11.5 Å². The van der Waals surface area contributed by atoms with Gasteiger partial charge >= 0.3 is 0 Å². The number of phenols is 1. The highest BCUT2D eigenvalue weighted by Crippen LogP contribution is 2.63. The Morgan fingerprint density at radius 3 is 3.00 bits per heavy atom. The van der Waals surface area contributed by atoms with Crippen LogP contribution < -0.4 is 4.74 Å². The molecule has 1 amide bonds. The van der Waals surface area contributed by atoms with Gasteiger partial charge in [0.25, 0.3) is 5.91 Å². The molecule has 7 nitrogen and oxygen atoms in total. The van der Waals surface area contributed by atoms with Crippen molar-refractivity contribution in [2.24, 2.45) is 16.1 Å². The molecule has 0 unspecified atom stereocenters. The lowest BCUT2D eigenvalue weighted by molar-refractivity contribution is -0.116. The number of benzene rings is 1. The molecule has 1 saturated heterocycles. The summed E-state index contributed by atoms with van der Waals surface area (Å²) in [5, 5.41) is 28.9. The van der Waals surface area contributed by atoms with Gasteiger partial charge in [0.1, 0.15) is 12.2 Å². The highest BCUT2D eigenvalue weighted by molar-refractivity contribution is 5.74. The molecule has 7 heteroatoms. The zero-order valence-electron chi connectivity index (χ0n) is 14.7. The van der Waals surface area contributed by atoms with Crippen LogP contribution in [0.4, 0.5) is 5.69 Å². The number of likely N-dealkylation sites (tertiary alicyclic amines) is 1. The molecule has 0 radical (unpaired) electrons. The van der Waals surface area contributed by atoms with Gasteiger partial charge in [0.05, 0.1) is 5.69 Å². The van der Waals surface area contributed by atoms with Crippen molar-refractivity contribution in [1.29, 1.82) is 0 Å². The highest BCUT2D eigenvalue weighted by Gasteiger charge is 2.64. The van der Waals surface area contributed by atoms with Crippen LogP contribution in [0.5, 0.6) is 11.5 Å². The number of aromatic hydroxyl groups is 1. The number of amides is 1. The van der Waals surface area contributed by atoms with E-state index in [-0.39, 0.29) is 29.0 Å². The van der Waals surface area contributed by atoms with Gasteiger partial charge in [-0.2, -0.15) is 0 Å². The van der Waals surface area contributed by atoms with Gasteiger partial charge in [0.15, 0.2) is 11.5 Å². The first-order valence-electron chi connectivity index (χ1n) is 8.98. The van der Waals surface area contributed by atoms with Gasteiger partial charge in [0.2, 0.25) is 0 Å². The van der Waals surface area contributed by atoms with E-state index in [1.807, 2.05) is 6.08 Å². The predicted molar refractivity (Wildman–Crippen MR) is 92.8 cm³/mol. The fraction of sp³-hybridized carbons (Fsp3) is 0.526. The maximum absolute atomic E-state index is 11.3. The third-order valence-electron chi connectivity index (χ3n) is 6.55. The van der Waals surface area contributed by atoms with Gasteiger partial charge in [-0.25, -0.2) is 0 Å². The predicted octanol–water partition coefficient (Wildman–Crippen LogP) is 1.83. The molecule has 26 heavy (non-hydrogen) atoms. The summed E-state index contributed by atoms with van der Waals surface area (Å²) in [6.45, 7) is 2.25. The maximum atomic E-state index is 11.3. The lowest BCUT2D eigenvalue weighted by Gasteiger charge is -2.56. The molecule has 1 spiro atoms. The number of carbonyl (C=O) groups excluding carboxylic acids is 1. The van der Waals surface area contributed by atoms with Gasteiger partial charge in [-0.1, -0.05) is 12.2 Å². The SMILES string of the molecule is CC(=O)/N=N/c1cc(O)c2c3c1C[C@@H]1[C@@H]4C=C[C@H](O)[C@H](O2)[C@]34CCN1C. The number of nitrogens with zero attached hydrogens (tertiary/aromatic N) is 3. The Balaban J connectivity index is 1.80. The summed E-state index contributed by atoms with van der Waals surface area (Å²) >= 11 is 0. The molecule has 2 aliphatic carbocycles. The van der Waals surface area contributed by atoms with E-state index in [9.17, 15) is 15.0 Å². The van der Waals surface area contributed by atoms with E-state index in [0.717, 1.165) is 30.5 Å². The quantitative estimate of drug-likeness (QED) is 0.592. The molecule has 5 rings (SSSR count). The summed E-state index contributed by atoms with van der Waals surface area (Å²) in [5.74, 6) is 0.283. The molecule has 1 aromatic carbocycles. The monoisotopic (exact) mass is 355 g/mol. The first kappa shape index (κ1) is 16.0. The Bertz CT molecular complexity index is 880. The molecule has 0 aromatic heterocycles. The average molecular weight is 355 g/mol. The van der Waals surface area contributed by atoms with Crippen LogP contribution in [0.25, 0.3) is 0 Å². The first-order valence-corrected chi connectivity index (χ1v) is 8.98. The largest absolute Gasteiger partial charge is 0.504 e. The Morgan fingerprint density at radius 1 is 1.42 bits per heavy atom. The lowest BCUT2D eigenvalue weighted by atomic mass is 9.53. The van der Waals surface area contributed by atoms with Gasteiger partial charge in [-0.05, 0) is 32.0 Å². The molecule has 4 aliphatic rings. The number of hydrogen-bond donors (Lipinski definition) is 2. The van der Waals surface area contributed by atoms with Crippen molar-refractivity contribution in [2.45, 2.75) is 43.4 Å². The Morgan fingerprint density at radius 2 is 2.23 bits per heavy atom. The fourth-order valence-electron chi connectivity index (χ4n) is 5.52. The standard InChI is InChI=1S/C19H21N3O4/c1-9(23)20-21-12-8-15(25)17-16-10(12)7-13-11-3-4-14(24)18(26-17)19(11,16)5-6-22(13)2/h3-4,8,11,13-14,18,24-25H,5-7H2,1-2H3/b21-20+/t11-,13+,14-,18-,19-/m0/s1. The van der Waals surface area contributed by atoms with E-state index in [1.54, 1.807) is 0 Å². The molecule has 2 bridgehead atoms. The topological polar surface area (TPSA) is 94.7 Å². The Labute approximate surface area is 151 Å². The van der Waals surface area contributed by atoms with E-state index in [1.165, 1.54) is 13.0 Å². The highest BCUT2D eigenvalue weighted by atomic mass is 16.5. The zero-order chi connectivity index (χ0) is 18.2. The Hall–Kier alpha value is -2.25. The number of piperidine rings is 1. The number of aliphatic hydroxyl groups is 1. The number of phenolic OH excluding ortho intramolecular Hbond substituents is 1. The normalized spacial score (nSPS) is 36.9. The Kier molecular flexibility index (Phi) is 3.16. The maximum Gasteiger partial charge on any atom is 0.261 e. The smallest absolute Gasteiger partial charge is 0.261 e. The molecule has 5 atom stereocenters. The zero-order valence-corrected chi connectivity index (χ0v) is 14.7. The number of likely N-dealkylation sites (N-methyl/N-ethyl adjacent to an activating group) is 1. The average Bonchev–Trinajstić information content (AvgIpc) is 2.95. The van der Waals surface area contributed by atoms with Crippen molar-refractivity contribution >= 4 is 11.6 Å². The van der Waals surface area contributed by atoms with Gasteiger partial charge in [-0.3, -0.25) is 4.79 Å². The molecular weight excluding hydrogens is 334 g/mol. The minimum absolute atomic E-state index is 0.00615. The molecule has 1 aromatic rings. The molecule has 0 saturated carbocycles. The van der Waals surface area contributed by atoms with Crippen molar-refractivity contribution in [3.63, 3.8) is 0 Å². The number of aliphatic hydroxyl groups excluding tert-OH is 1. The van der Waals surface area contributed by atoms with Gasteiger partial charge < -0.3 is 19.8 Å². The van der Waals surface area contributed by atoms with Crippen LogP contribution in [0, 0.1) is 5.92 Å². The second-order valence-electron chi connectivity index (χ2n) is 7.80. The van der Waals surface area contributed by atoms with Crippen molar-refractivity contribution in [2.75, 3.05) is 13.6 Å². The summed E-state index contributed by atoms with van der Waals surface area (Å²) in [6.07, 6.45) is 4.40. The number of carbonyl (C=O) groups is 1. The van der Waals surface area contributed by atoms with Crippen LogP contribution >= 0.6 is 0 Å². The second kappa shape index (κ2) is 5.14. The third-order valence-corrected chi connectivity index (χ3v) is 6.55. The fourth-order valence-corrected chi connectivity index (χ4v) is 5.52. The van der Waals surface area contributed by atoms with Crippen molar-refractivity contribution in [1.82, 2.24) is 4.90 Å².